The van der Waals surface area contributed by atoms with Crippen LogP contribution >= 0.6 is 11.3 Å². The Hall–Kier alpha value is -2.09. The Morgan fingerprint density at radius 1 is 1.29 bits per heavy atom. The summed E-state index contributed by atoms with van der Waals surface area (Å²) in [4.78, 5) is 31.6. The summed E-state index contributed by atoms with van der Waals surface area (Å²) in [7, 11) is 1.47. The molecule has 132 valence electrons. The van der Waals surface area contributed by atoms with Crippen LogP contribution in [-0.2, 0) is 13.6 Å². The van der Waals surface area contributed by atoms with Gasteiger partial charge in [0.1, 0.15) is 11.4 Å². The van der Waals surface area contributed by atoms with Crippen LogP contribution in [-0.4, -0.2) is 27.2 Å². The predicted octanol–water partition coefficient (Wildman–Crippen LogP) is 1.75. The van der Waals surface area contributed by atoms with Crippen LogP contribution in [0.1, 0.15) is 27.7 Å². The number of nitrogens with two attached hydrogens (primary N) is 1. The molecule has 8 heteroatoms. The fraction of sp³-hybridized carbons (Fsp3) is 0.562. The topological polar surface area (TPSA) is 86.2 Å². The lowest BCUT2D eigenvalue weighted by molar-refractivity contribution is 0.494. The summed E-state index contributed by atoms with van der Waals surface area (Å²) in [6.07, 6.45) is 0. The van der Waals surface area contributed by atoms with Crippen LogP contribution < -0.4 is 21.9 Å². The van der Waals surface area contributed by atoms with Gasteiger partial charge in [0.15, 0.2) is 5.13 Å². The first kappa shape index (κ1) is 18.3. The lowest BCUT2D eigenvalue weighted by atomic mass is 10.2. The minimum Gasteiger partial charge on any atom is -0.384 e. The summed E-state index contributed by atoms with van der Waals surface area (Å²) < 4.78 is 2.56. The van der Waals surface area contributed by atoms with E-state index in [2.05, 4.69) is 23.7 Å². The summed E-state index contributed by atoms with van der Waals surface area (Å²) in [6, 6.07) is 0. The zero-order valence-corrected chi connectivity index (χ0v) is 15.7. The molecule has 2 N–H and O–H groups in total. The fourth-order valence-electron chi connectivity index (χ4n) is 2.58. The smallest absolute Gasteiger partial charge is 0.332 e. The largest absolute Gasteiger partial charge is 0.384 e. The Bertz CT molecular complexity index is 830. The molecule has 0 fully saturated rings. The fourth-order valence-corrected chi connectivity index (χ4v) is 3.53. The SMILES string of the molecule is CCN(CC)c1nc(-c2c(N)n(CC(C)C)c(=O)n(C)c2=O)cs1. The van der Waals surface area contributed by atoms with Crippen LogP contribution in [0, 0.1) is 5.92 Å². The minimum atomic E-state index is -0.408. The van der Waals surface area contributed by atoms with Gasteiger partial charge >= 0.3 is 5.69 Å². The third kappa shape index (κ3) is 3.24. The van der Waals surface area contributed by atoms with Crippen molar-refractivity contribution in [3.05, 3.63) is 26.2 Å². The van der Waals surface area contributed by atoms with E-state index in [1.165, 1.54) is 23.0 Å². The summed E-state index contributed by atoms with van der Waals surface area (Å²) in [6.45, 7) is 10.2. The second-order valence-electron chi connectivity index (χ2n) is 6.10. The van der Waals surface area contributed by atoms with Gasteiger partial charge in [-0.25, -0.2) is 9.78 Å². The van der Waals surface area contributed by atoms with Crippen molar-refractivity contribution in [2.75, 3.05) is 23.7 Å². The van der Waals surface area contributed by atoms with E-state index in [9.17, 15) is 9.59 Å². The van der Waals surface area contributed by atoms with Crippen molar-refractivity contribution in [3.63, 3.8) is 0 Å². The van der Waals surface area contributed by atoms with Crippen LogP contribution in [0.5, 0.6) is 0 Å². The first-order valence-electron chi connectivity index (χ1n) is 8.11. The quantitative estimate of drug-likeness (QED) is 0.857. The summed E-state index contributed by atoms with van der Waals surface area (Å²) >= 11 is 1.47. The first-order valence-corrected chi connectivity index (χ1v) is 8.99. The molecular formula is C16H25N5O2S. The Morgan fingerprint density at radius 2 is 1.92 bits per heavy atom. The zero-order chi connectivity index (χ0) is 18.0. The number of nitrogen functional groups attached to an aromatic ring is 1. The van der Waals surface area contributed by atoms with E-state index < -0.39 is 11.2 Å². The van der Waals surface area contributed by atoms with Gasteiger partial charge in [0.05, 0.1) is 5.69 Å². The molecule has 0 amide bonds. The van der Waals surface area contributed by atoms with Gasteiger partial charge in [-0.15, -0.1) is 11.3 Å². The summed E-state index contributed by atoms with van der Waals surface area (Å²) in [5.41, 5.74) is 6.21. The Morgan fingerprint density at radius 3 is 2.46 bits per heavy atom. The van der Waals surface area contributed by atoms with Crippen LogP contribution in [0.3, 0.4) is 0 Å². The molecule has 0 atom stereocenters. The van der Waals surface area contributed by atoms with E-state index in [1.807, 2.05) is 19.2 Å². The van der Waals surface area contributed by atoms with Crippen LogP contribution in [0.25, 0.3) is 11.3 Å². The van der Waals surface area contributed by atoms with Crippen molar-refractivity contribution in [2.45, 2.75) is 34.2 Å². The Balaban J connectivity index is 2.65. The van der Waals surface area contributed by atoms with Gasteiger partial charge in [-0.05, 0) is 19.8 Å². The highest BCUT2D eigenvalue weighted by atomic mass is 32.1. The molecule has 0 aliphatic rings. The Kier molecular flexibility index (Phi) is 5.48. The van der Waals surface area contributed by atoms with Gasteiger partial charge < -0.3 is 10.6 Å². The average Bonchev–Trinajstić information content (AvgIpc) is 3.00. The van der Waals surface area contributed by atoms with E-state index in [0.29, 0.717) is 17.8 Å². The number of rotatable bonds is 6. The molecule has 0 aliphatic carbocycles. The maximum Gasteiger partial charge on any atom is 0.332 e. The molecule has 2 heterocycles. The summed E-state index contributed by atoms with van der Waals surface area (Å²) in [5.74, 6) is 0.421. The second-order valence-corrected chi connectivity index (χ2v) is 6.94. The number of aromatic nitrogens is 3. The summed E-state index contributed by atoms with van der Waals surface area (Å²) in [5, 5.41) is 2.67. The molecule has 0 radical (unpaired) electrons. The van der Waals surface area contributed by atoms with Gasteiger partial charge in [0.2, 0.25) is 0 Å². The van der Waals surface area contributed by atoms with Crippen LogP contribution in [0.15, 0.2) is 15.0 Å². The average molecular weight is 351 g/mol. The first-order chi connectivity index (χ1) is 11.3. The lowest BCUT2D eigenvalue weighted by Crippen LogP contribution is -2.41. The molecular weight excluding hydrogens is 326 g/mol. The molecule has 2 aromatic heterocycles. The maximum absolute atomic E-state index is 12.6. The highest BCUT2D eigenvalue weighted by Gasteiger charge is 2.20. The van der Waals surface area contributed by atoms with Gasteiger partial charge in [-0.3, -0.25) is 13.9 Å². The highest BCUT2D eigenvalue weighted by Crippen LogP contribution is 2.28. The van der Waals surface area contributed by atoms with E-state index in [1.54, 1.807) is 0 Å². The molecule has 2 rings (SSSR count). The van der Waals surface area contributed by atoms with Crippen molar-refractivity contribution in [3.8, 4) is 11.3 Å². The molecule has 7 nitrogen and oxygen atoms in total. The van der Waals surface area contributed by atoms with Gasteiger partial charge in [-0.2, -0.15) is 0 Å². The molecule has 2 aromatic rings. The Labute approximate surface area is 145 Å². The molecule has 0 saturated heterocycles. The molecule has 0 aromatic carbocycles. The van der Waals surface area contributed by atoms with Crippen molar-refractivity contribution in [1.29, 1.82) is 0 Å². The van der Waals surface area contributed by atoms with E-state index >= 15 is 0 Å². The predicted molar refractivity (Wildman–Crippen MR) is 99.9 cm³/mol. The minimum absolute atomic E-state index is 0.188. The zero-order valence-electron chi connectivity index (χ0n) is 14.9. The third-order valence-corrected chi connectivity index (χ3v) is 4.81. The molecule has 0 aliphatic heterocycles. The van der Waals surface area contributed by atoms with Crippen LogP contribution in [0.2, 0.25) is 0 Å². The molecule has 0 unspecified atom stereocenters. The van der Waals surface area contributed by atoms with Gasteiger partial charge in [-0.1, -0.05) is 13.8 Å². The number of nitrogens with zero attached hydrogens (tertiary/aromatic N) is 4. The van der Waals surface area contributed by atoms with Crippen LogP contribution in [0.4, 0.5) is 10.9 Å². The van der Waals surface area contributed by atoms with Gasteiger partial charge in [0.25, 0.3) is 5.56 Å². The highest BCUT2D eigenvalue weighted by molar-refractivity contribution is 7.14. The molecule has 0 saturated carbocycles. The van der Waals surface area contributed by atoms with Crippen molar-refractivity contribution in [1.82, 2.24) is 14.1 Å². The molecule has 0 spiro atoms. The van der Waals surface area contributed by atoms with E-state index in [-0.39, 0.29) is 11.7 Å². The van der Waals surface area contributed by atoms with E-state index in [0.717, 1.165) is 22.8 Å². The number of thiazole rings is 1. The number of anilines is 2. The molecule has 24 heavy (non-hydrogen) atoms. The van der Waals surface area contributed by atoms with Crippen molar-refractivity contribution >= 4 is 22.3 Å². The third-order valence-electron chi connectivity index (χ3n) is 3.91. The molecule has 0 bridgehead atoms. The van der Waals surface area contributed by atoms with E-state index in [4.69, 9.17) is 5.73 Å². The van der Waals surface area contributed by atoms with Gasteiger partial charge in [0, 0.05) is 32.1 Å². The number of hydrogen-bond donors (Lipinski definition) is 1. The normalized spacial score (nSPS) is 11.2. The maximum atomic E-state index is 12.6. The van der Waals surface area contributed by atoms with Crippen molar-refractivity contribution in [2.24, 2.45) is 13.0 Å². The lowest BCUT2D eigenvalue weighted by Gasteiger charge is -2.17. The number of hydrogen-bond acceptors (Lipinski definition) is 6. The second kappa shape index (κ2) is 7.21. The monoisotopic (exact) mass is 351 g/mol. The van der Waals surface area contributed by atoms with Crippen molar-refractivity contribution < 1.29 is 0 Å². The standard InChI is InChI=1S/C16H25N5O2S/c1-6-20(7-2)15-18-11(9-24-15)12-13(17)21(8-10(3)4)16(23)19(5)14(12)22/h9-10H,6-8,17H2,1-5H3.